The van der Waals surface area contributed by atoms with Gasteiger partial charge in [-0.25, -0.2) is 0 Å². The molecular weight excluding hydrogens is 218 g/mol. The largest absolute Gasteiger partial charge is 0.381 e. The first kappa shape index (κ1) is 13.4. The quantitative estimate of drug-likeness (QED) is 0.793. The molecule has 4 nitrogen and oxygen atoms in total. The summed E-state index contributed by atoms with van der Waals surface area (Å²) in [6, 6.07) is 7.09. The molecule has 1 aromatic carbocycles. The predicted molar refractivity (Wildman–Crippen MR) is 64.8 cm³/mol. The van der Waals surface area contributed by atoms with Gasteiger partial charge in [-0.15, -0.1) is 0 Å². The highest BCUT2D eigenvalue weighted by Crippen LogP contribution is 2.05. The number of hydrogen-bond donors (Lipinski definition) is 1. The summed E-state index contributed by atoms with van der Waals surface area (Å²) in [7, 11) is 0. The molecule has 0 aliphatic carbocycles. The van der Waals surface area contributed by atoms with Crippen molar-refractivity contribution in [1.82, 2.24) is 5.32 Å². The molecule has 0 aromatic heterocycles. The van der Waals surface area contributed by atoms with E-state index in [2.05, 4.69) is 5.32 Å². The van der Waals surface area contributed by atoms with Crippen molar-refractivity contribution in [1.29, 1.82) is 0 Å². The summed E-state index contributed by atoms with van der Waals surface area (Å²) >= 11 is 0. The van der Waals surface area contributed by atoms with Crippen molar-refractivity contribution in [3.05, 3.63) is 35.4 Å². The number of benzene rings is 1. The number of imide groups is 1. The van der Waals surface area contributed by atoms with Gasteiger partial charge < -0.3 is 4.74 Å². The Bertz CT molecular complexity index is 365. The van der Waals surface area contributed by atoms with Crippen LogP contribution < -0.4 is 5.32 Å². The molecule has 1 aliphatic heterocycles. The summed E-state index contributed by atoms with van der Waals surface area (Å²) in [6.07, 6.45) is 2.94. The Morgan fingerprint density at radius 3 is 2.41 bits per heavy atom. The van der Waals surface area contributed by atoms with E-state index >= 15 is 0 Å². The number of aryl methyl sites for hydroxylation is 1. The Hall–Kier alpha value is -1.68. The molecule has 0 atom stereocenters. The van der Waals surface area contributed by atoms with Crippen LogP contribution in [0.4, 0.5) is 0 Å². The molecule has 0 unspecified atom stereocenters. The number of nitrogens with one attached hydrogen (secondary N) is 1. The zero-order chi connectivity index (χ0) is 12.5. The minimum absolute atomic E-state index is 0.358. The first-order valence-corrected chi connectivity index (χ1v) is 5.63. The molecule has 1 fully saturated rings. The lowest BCUT2D eigenvalue weighted by Gasteiger charge is -2.01. The van der Waals surface area contributed by atoms with Crippen LogP contribution in [0.2, 0.25) is 0 Å². The normalized spacial score (nSPS) is 13.5. The number of hydrogen-bond acceptors (Lipinski definition) is 3. The SMILES string of the molecule is C1CCOC1.Cc1ccccc1C(=O)NC=O. The Balaban J connectivity index is 0.000000239. The lowest BCUT2D eigenvalue weighted by Crippen LogP contribution is -2.21. The van der Waals surface area contributed by atoms with Gasteiger partial charge in [-0.1, -0.05) is 18.2 Å². The summed E-state index contributed by atoms with van der Waals surface area (Å²) in [5.41, 5.74) is 1.39. The highest BCUT2D eigenvalue weighted by molar-refractivity contribution is 6.00. The zero-order valence-corrected chi connectivity index (χ0v) is 9.94. The number of carbonyl (C=O) groups is 2. The fourth-order valence-electron chi connectivity index (χ4n) is 1.47. The zero-order valence-electron chi connectivity index (χ0n) is 9.94. The maximum Gasteiger partial charge on any atom is 0.257 e. The summed E-state index contributed by atoms with van der Waals surface area (Å²) < 4.78 is 4.94. The number of ether oxygens (including phenoxy) is 1. The first-order chi connectivity index (χ1) is 8.25. The van der Waals surface area contributed by atoms with Gasteiger partial charge in [0.15, 0.2) is 0 Å². The Labute approximate surface area is 101 Å². The average molecular weight is 235 g/mol. The Kier molecular flexibility index (Phi) is 5.96. The van der Waals surface area contributed by atoms with Crippen molar-refractivity contribution in [2.24, 2.45) is 0 Å². The van der Waals surface area contributed by atoms with Crippen LogP contribution >= 0.6 is 0 Å². The van der Waals surface area contributed by atoms with Crippen LogP contribution in [0.25, 0.3) is 0 Å². The highest BCUT2D eigenvalue weighted by Gasteiger charge is 2.05. The fraction of sp³-hybridized carbons (Fsp3) is 0.385. The van der Waals surface area contributed by atoms with Crippen LogP contribution in [-0.4, -0.2) is 25.5 Å². The molecule has 0 bridgehead atoms. The van der Waals surface area contributed by atoms with E-state index < -0.39 is 0 Å². The Morgan fingerprint density at radius 2 is 1.94 bits per heavy atom. The summed E-state index contributed by atoms with van der Waals surface area (Å²) in [4.78, 5) is 21.1. The van der Waals surface area contributed by atoms with Gasteiger partial charge in [0.1, 0.15) is 0 Å². The van der Waals surface area contributed by atoms with E-state index in [1.807, 2.05) is 19.1 Å². The smallest absolute Gasteiger partial charge is 0.257 e. The third-order valence-electron chi connectivity index (χ3n) is 2.41. The molecule has 1 aromatic rings. The van der Waals surface area contributed by atoms with E-state index in [9.17, 15) is 9.59 Å². The van der Waals surface area contributed by atoms with E-state index in [4.69, 9.17) is 4.74 Å². The van der Waals surface area contributed by atoms with Crippen molar-refractivity contribution >= 4 is 12.3 Å². The van der Waals surface area contributed by atoms with Crippen molar-refractivity contribution in [2.75, 3.05) is 13.2 Å². The topological polar surface area (TPSA) is 55.4 Å². The monoisotopic (exact) mass is 235 g/mol. The van der Waals surface area contributed by atoms with Gasteiger partial charge in [-0.2, -0.15) is 0 Å². The van der Waals surface area contributed by atoms with Crippen LogP contribution in [0.3, 0.4) is 0 Å². The van der Waals surface area contributed by atoms with Crippen LogP contribution in [0.1, 0.15) is 28.8 Å². The minimum Gasteiger partial charge on any atom is -0.381 e. The average Bonchev–Trinajstić information content (AvgIpc) is 2.88. The van der Waals surface area contributed by atoms with Crippen molar-refractivity contribution in [2.45, 2.75) is 19.8 Å². The second-order valence-corrected chi connectivity index (χ2v) is 3.73. The lowest BCUT2D eigenvalue weighted by atomic mass is 10.1. The van der Waals surface area contributed by atoms with E-state index in [-0.39, 0.29) is 5.91 Å². The molecule has 92 valence electrons. The van der Waals surface area contributed by atoms with E-state index in [1.165, 1.54) is 12.8 Å². The van der Waals surface area contributed by atoms with Gasteiger partial charge in [0.05, 0.1) is 0 Å². The lowest BCUT2D eigenvalue weighted by molar-refractivity contribution is -0.108. The van der Waals surface area contributed by atoms with E-state index in [1.54, 1.807) is 12.1 Å². The molecular formula is C13H17NO3. The molecule has 0 saturated carbocycles. The van der Waals surface area contributed by atoms with E-state index in [0.29, 0.717) is 12.0 Å². The minimum atomic E-state index is -0.358. The third kappa shape index (κ3) is 4.78. The first-order valence-electron chi connectivity index (χ1n) is 5.63. The van der Waals surface area contributed by atoms with Gasteiger partial charge in [-0.3, -0.25) is 14.9 Å². The summed E-state index contributed by atoms with van der Waals surface area (Å²) in [5.74, 6) is -0.358. The van der Waals surface area contributed by atoms with Crippen LogP contribution in [0.5, 0.6) is 0 Å². The van der Waals surface area contributed by atoms with E-state index in [0.717, 1.165) is 18.8 Å². The summed E-state index contributed by atoms with van der Waals surface area (Å²) in [6.45, 7) is 3.82. The van der Waals surface area contributed by atoms with Crippen molar-refractivity contribution < 1.29 is 14.3 Å². The second-order valence-electron chi connectivity index (χ2n) is 3.73. The van der Waals surface area contributed by atoms with Gasteiger partial charge >= 0.3 is 0 Å². The van der Waals surface area contributed by atoms with Crippen molar-refractivity contribution in [3.8, 4) is 0 Å². The molecule has 2 amide bonds. The van der Waals surface area contributed by atoms with Crippen LogP contribution in [0.15, 0.2) is 24.3 Å². The maximum absolute atomic E-state index is 11.1. The second kappa shape index (κ2) is 7.57. The maximum atomic E-state index is 11.1. The fourth-order valence-corrected chi connectivity index (χ4v) is 1.47. The van der Waals surface area contributed by atoms with Gasteiger partial charge in [0.2, 0.25) is 6.41 Å². The van der Waals surface area contributed by atoms with Crippen LogP contribution in [0, 0.1) is 6.92 Å². The third-order valence-corrected chi connectivity index (χ3v) is 2.41. The standard InChI is InChI=1S/C9H9NO2.C4H8O/c1-7-4-2-3-5-8(7)9(12)10-6-11;1-2-4-5-3-1/h2-6H,1H3,(H,10,11,12);1-4H2. The number of carbonyl (C=O) groups excluding carboxylic acids is 2. The van der Waals surface area contributed by atoms with Gasteiger partial charge in [0.25, 0.3) is 5.91 Å². The molecule has 0 spiro atoms. The molecule has 1 heterocycles. The molecule has 4 heteroatoms. The molecule has 17 heavy (non-hydrogen) atoms. The molecule has 1 saturated heterocycles. The highest BCUT2D eigenvalue weighted by atomic mass is 16.5. The summed E-state index contributed by atoms with van der Waals surface area (Å²) in [5, 5.41) is 2.08. The predicted octanol–water partition coefficient (Wildman–Crippen LogP) is 1.68. The number of rotatable bonds is 2. The molecule has 1 aliphatic rings. The van der Waals surface area contributed by atoms with Gasteiger partial charge in [-0.05, 0) is 31.4 Å². The molecule has 1 N–H and O–H groups in total. The molecule has 0 radical (unpaired) electrons. The molecule has 2 rings (SSSR count). The van der Waals surface area contributed by atoms with Crippen molar-refractivity contribution in [3.63, 3.8) is 0 Å². The number of amides is 2. The Morgan fingerprint density at radius 1 is 1.29 bits per heavy atom. The van der Waals surface area contributed by atoms with Crippen LogP contribution in [-0.2, 0) is 9.53 Å². The van der Waals surface area contributed by atoms with Gasteiger partial charge in [0, 0.05) is 18.8 Å².